The molecule has 26 heavy (non-hydrogen) atoms. The molecule has 10 heteroatoms. The van der Waals surface area contributed by atoms with Gasteiger partial charge >= 0.3 is 0 Å². The summed E-state index contributed by atoms with van der Waals surface area (Å²) in [5.74, 6) is -0.317. The highest BCUT2D eigenvalue weighted by atomic mass is 35.5. The number of aryl methyl sites for hydroxylation is 1. The summed E-state index contributed by atoms with van der Waals surface area (Å²) in [5.41, 5.74) is -0.261. The van der Waals surface area contributed by atoms with Gasteiger partial charge in [0.15, 0.2) is 10.9 Å². The van der Waals surface area contributed by atoms with Gasteiger partial charge in [-0.15, -0.1) is 0 Å². The molecule has 2 rings (SSSR count). The number of ketones is 1. The fraction of sp³-hybridized carbons (Fsp3) is 0.312. The standard InChI is InChI=1S/C16H18Cl2N4O3S/c1-3-22-15(24)10(8-21-22)13(23)9-4-5-11(17)14(12(9)18)25-7-6-20-16(26)19-2/h4-5,8,21H,3,6-7H2,1-2H3,(H2,19,20,26). The minimum Gasteiger partial charge on any atom is -0.489 e. The third-order valence-corrected chi connectivity index (χ3v) is 4.58. The number of nitrogens with zero attached hydrogens (tertiary/aromatic N) is 1. The first-order valence-electron chi connectivity index (χ1n) is 7.80. The van der Waals surface area contributed by atoms with Crippen LogP contribution >= 0.6 is 35.4 Å². The second kappa shape index (κ2) is 9.07. The second-order valence-corrected chi connectivity index (χ2v) is 6.35. The van der Waals surface area contributed by atoms with Gasteiger partial charge in [-0.1, -0.05) is 23.2 Å². The number of thiocarbonyl (C=S) groups is 1. The maximum absolute atomic E-state index is 12.7. The Morgan fingerprint density at radius 3 is 2.69 bits per heavy atom. The Kier molecular flexibility index (Phi) is 7.07. The highest BCUT2D eigenvalue weighted by molar-refractivity contribution is 7.80. The van der Waals surface area contributed by atoms with Crippen LogP contribution in [0.4, 0.5) is 0 Å². The van der Waals surface area contributed by atoms with Crippen molar-refractivity contribution in [2.75, 3.05) is 20.2 Å². The van der Waals surface area contributed by atoms with E-state index in [0.717, 1.165) is 0 Å². The monoisotopic (exact) mass is 416 g/mol. The van der Waals surface area contributed by atoms with Gasteiger partial charge in [-0.25, -0.2) is 0 Å². The molecule has 0 aliphatic rings. The van der Waals surface area contributed by atoms with Crippen molar-refractivity contribution >= 4 is 46.3 Å². The van der Waals surface area contributed by atoms with Crippen molar-refractivity contribution in [2.24, 2.45) is 0 Å². The summed E-state index contributed by atoms with van der Waals surface area (Å²) in [6.45, 7) is 2.87. The zero-order valence-corrected chi connectivity index (χ0v) is 16.5. The summed E-state index contributed by atoms with van der Waals surface area (Å²) in [7, 11) is 1.70. The molecule has 0 aliphatic heterocycles. The van der Waals surface area contributed by atoms with E-state index in [0.29, 0.717) is 18.2 Å². The molecule has 0 unspecified atom stereocenters. The molecule has 0 atom stereocenters. The molecule has 0 saturated heterocycles. The van der Waals surface area contributed by atoms with Gasteiger partial charge < -0.3 is 20.5 Å². The van der Waals surface area contributed by atoms with E-state index >= 15 is 0 Å². The van der Waals surface area contributed by atoms with Crippen molar-refractivity contribution in [3.05, 3.63) is 49.9 Å². The van der Waals surface area contributed by atoms with Crippen LogP contribution in [-0.4, -0.2) is 40.9 Å². The molecule has 0 fully saturated rings. The quantitative estimate of drug-likeness (QED) is 0.364. The Morgan fingerprint density at radius 1 is 1.35 bits per heavy atom. The van der Waals surface area contributed by atoms with E-state index in [1.807, 2.05) is 0 Å². The van der Waals surface area contributed by atoms with Crippen LogP contribution in [0, 0.1) is 0 Å². The van der Waals surface area contributed by atoms with Crippen molar-refractivity contribution in [1.82, 2.24) is 20.4 Å². The van der Waals surface area contributed by atoms with E-state index in [-0.39, 0.29) is 33.5 Å². The highest BCUT2D eigenvalue weighted by Crippen LogP contribution is 2.36. The second-order valence-electron chi connectivity index (χ2n) is 5.16. The zero-order valence-electron chi connectivity index (χ0n) is 14.2. The molecule has 3 N–H and O–H groups in total. The molecule has 0 radical (unpaired) electrons. The van der Waals surface area contributed by atoms with Gasteiger partial charge in [0.2, 0.25) is 5.78 Å². The van der Waals surface area contributed by atoms with Crippen molar-refractivity contribution in [3.63, 3.8) is 0 Å². The van der Waals surface area contributed by atoms with Gasteiger partial charge in [0.25, 0.3) is 5.56 Å². The number of carbonyl (C=O) groups excluding carboxylic acids is 1. The lowest BCUT2D eigenvalue weighted by atomic mass is 10.1. The summed E-state index contributed by atoms with van der Waals surface area (Å²) in [4.78, 5) is 24.8. The number of ether oxygens (including phenoxy) is 1. The molecule has 0 spiro atoms. The molecule has 0 aliphatic carbocycles. The molecular weight excluding hydrogens is 399 g/mol. The largest absolute Gasteiger partial charge is 0.489 e. The van der Waals surface area contributed by atoms with Crippen LogP contribution in [0.3, 0.4) is 0 Å². The Morgan fingerprint density at radius 2 is 2.08 bits per heavy atom. The topological polar surface area (TPSA) is 88.2 Å². The fourth-order valence-electron chi connectivity index (χ4n) is 2.20. The van der Waals surface area contributed by atoms with E-state index in [9.17, 15) is 9.59 Å². The average molecular weight is 417 g/mol. The number of H-pyrrole nitrogens is 1. The van der Waals surface area contributed by atoms with Crippen LogP contribution in [0.25, 0.3) is 0 Å². The molecular formula is C16H18Cl2N4O3S. The van der Waals surface area contributed by atoms with Gasteiger partial charge in [0.1, 0.15) is 12.2 Å². The summed E-state index contributed by atoms with van der Waals surface area (Å²) in [6.07, 6.45) is 1.36. The normalized spacial score (nSPS) is 10.5. The first kappa shape index (κ1) is 20.3. The smallest absolute Gasteiger partial charge is 0.277 e. The molecule has 140 valence electrons. The first-order chi connectivity index (χ1) is 12.4. The molecule has 0 saturated carbocycles. The van der Waals surface area contributed by atoms with E-state index in [1.54, 1.807) is 14.0 Å². The van der Waals surface area contributed by atoms with E-state index in [1.165, 1.54) is 23.0 Å². The number of hydrogen-bond acceptors (Lipinski definition) is 4. The van der Waals surface area contributed by atoms with Crippen LogP contribution in [0.2, 0.25) is 10.0 Å². The summed E-state index contributed by atoms with van der Waals surface area (Å²) < 4.78 is 6.91. The first-order valence-corrected chi connectivity index (χ1v) is 8.96. The van der Waals surface area contributed by atoms with Gasteiger partial charge in [0.05, 0.1) is 16.6 Å². The number of aromatic amines is 1. The zero-order chi connectivity index (χ0) is 19.3. The van der Waals surface area contributed by atoms with E-state index in [2.05, 4.69) is 15.7 Å². The molecule has 1 heterocycles. The van der Waals surface area contributed by atoms with Crippen LogP contribution in [-0.2, 0) is 6.54 Å². The van der Waals surface area contributed by atoms with Crippen LogP contribution in [0.15, 0.2) is 23.1 Å². The molecule has 1 aromatic heterocycles. The van der Waals surface area contributed by atoms with Crippen molar-refractivity contribution in [3.8, 4) is 5.75 Å². The predicted octanol–water partition coefficient (Wildman–Crippen LogP) is 2.21. The third kappa shape index (κ3) is 4.38. The minimum atomic E-state index is -0.501. The summed E-state index contributed by atoms with van der Waals surface area (Å²) in [5, 5.41) is 9.23. The van der Waals surface area contributed by atoms with Crippen molar-refractivity contribution in [2.45, 2.75) is 13.5 Å². The molecule has 7 nitrogen and oxygen atoms in total. The van der Waals surface area contributed by atoms with Crippen LogP contribution in [0.5, 0.6) is 5.75 Å². The summed E-state index contributed by atoms with van der Waals surface area (Å²) in [6, 6.07) is 2.98. The Labute approximate surface area is 165 Å². The van der Waals surface area contributed by atoms with Crippen molar-refractivity contribution < 1.29 is 9.53 Å². The molecule has 0 bridgehead atoms. The Bertz CT molecular complexity index is 879. The predicted molar refractivity (Wildman–Crippen MR) is 106 cm³/mol. The number of nitrogens with one attached hydrogen (secondary N) is 3. The molecule has 2 aromatic rings. The van der Waals surface area contributed by atoms with Gasteiger partial charge in [0, 0.05) is 25.4 Å². The van der Waals surface area contributed by atoms with Gasteiger partial charge in [-0.2, -0.15) is 0 Å². The number of halogens is 2. The number of rotatable bonds is 7. The lowest BCUT2D eigenvalue weighted by Crippen LogP contribution is -2.35. The molecule has 1 aromatic carbocycles. The third-order valence-electron chi connectivity index (χ3n) is 3.56. The SMILES string of the molecule is CCn1[nH]cc(C(=O)c2ccc(Cl)c(OCCNC(=S)NC)c2Cl)c1=O. The number of carbonyl (C=O) groups is 1. The lowest BCUT2D eigenvalue weighted by Gasteiger charge is -2.13. The van der Waals surface area contributed by atoms with E-state index < -0.39 is 11.3 Å². The van der Waals surface area contributed by atoms with Crippen LogP contribution in [0.1, 0.15) is 22.8 Å². The maximum Gasteiger partial charge on any atom is 0.277 e. The van der Waals surface area contributed by atoms with Gasteiger partial charge in [-0.3, -0.25) is 14.3 Å². The Hall–Kier alpha value is -2.03. The maximum atomic E-state index is 12.7. The van der Waals surface area contributed by atoms with Gasteiger partial charge in [-0.05, 0) is 31.3 Å². The number of hydrogen-bond donors (Lipinski definition) is 3. The average Bonchev–Trinajstić information content (AvgIpc) is 3.00. The van der Waals surface area contributed by atoms with E-state index in [4.69, 9.17) is 40.2 Å². The lowest BCUT2D eigenvalue weighted by molar-refractivity contribution is 0.103. The fourth-order valence-corrected chi connectivity index (χ4v) is 2.86. The summed E-state index contributed by atoms with van der Waals surface area (Å²) >= 11 is 17.4. The highest BCUT2D eigenvalue weighted by Gasteiger charge is 2.22. The number of benzene rings is 1. The molecule has 0 amide bonds. The minimum absolute atomic E-state index is 0.00283. The van der Waals surface area contributed by atoms with Crippen molar-refractivity contribution in [1.29, 1.82) is 0 Å². The van der Waals surface area contributed by atoms with Crippen LogP contribution < -0.4 is 20.9 Å². The number of aromatic nitrogens is 2. The Balaban J connectivity index is 2.22.